The normalized spacial score (nSPS) is 11.9. The van der Waals surface area contributed by atoms with Gasteiger partial charge in [-0.25, -0.2) is 10.2 Å². The van der Waals surface area contributed by atoms with Gasteiger partial charge >= 0.3 is 5.97 Å². The lowest BCUT2D eigenvalue weighted by Crippen LogP contribution is -2.26. The summed E-state index contributed by atoms with van der Waals surface area (Å²) in [5.41, 5.74) is 3.75. The topological polar surface area (TPSA) is 67.8 Å². The van der Waals surface area contributed by atoms with Crippen molar-refractivity contribution in [1.82, 2.24) is 5.43 Å². The minimum absolute atomic E-state index is 0.175. The van der Waals surface area contributed by atoms with Crippen molar-refractivity contribution in [3.8, 4) is 0 Å². The second-order valence-corrected chi connectivity index (χ2v) is 6.34. The lowest BCUT2D eigenvalue weighted by molar-refractivity contribution is -0.120. The highest BCUT2D eigenvalue weighted by Crippen LogP contribution is 2.22. The summed E-state index contributed by atoms with van der Waals surface area (Å²) >= 11 is 1.47. The maximum Gasteiger partial charge on any atom is 0.337 e. The van der Waals surface area contributed by atoms with Crippen molar-refractivity contribution in [2.75, 3.05) is 7.11 Å². The fraction of sp³-hybridized carbons (Fsp3) is 0.167. The zero-order chi connectivity index (χ0) is 17.4. The zero-order valence-electron chi connectivity index (χ0n) is 13.4. The number of hydrogen-bond acceptors (Lipinski definition) is 5. The van der Waals surface area contributed by atoms with Crippen molar-refractivity contribution in [1.29, 1.82) is 0 Å². The maximum absolute atomic E-state index is 12.0. The lowest BCUT2D eigenvalue weighted by Gasteiger charge is -2.09. The summed E-state index contributed by atoms with van der Waals surface area (Å²) in [6.07, 6.45) is 1.53. The molecular weight excluding hydrogens is 324 g/mol. The first kappa shape index (κ1) is 17.7. The minimum Gasteiger partial charge on any atom is -0.465 e. The number of rotatable bonds is 6. The molecule has 0 bridgehead atoms. The van der Waals surface area contributed by atoms with Gasteiger partial charge in [-0.1, -0.05) is 30.3 Å². The van der Waals surface area contributed by atoms with Crippen molar-refractivity contribution in [3.63, 3.8) is 0 Å². The number of thioether (sulfide) groups is 1. The summed E-state index contributed by atoms with van der Waals surface area (Å²) < 4.78 is 4.63. The Balaban J connectivity index is 1.86. The van der Waals surface area contributed by atoms with E-state index in [1.165, 1.54) is 25.1 Å². The smallest absolute Gasteiger partial charge is 0.337 e. The number of hydrazone groups is 1. The Labute approximate surface area is 145 Å². The van der Waals surface area contributed by atoms with Crippen molar-refractivity contribution in [3.05, 3.63) is 65.7 Å². The first-order valence-electron chi connectivity index (χ1n) is 7.33. The van der Waals surface area contributed by atoms with Crippen LogP contribution in [-0.2, 0) is 9.53 Å². The van der Waals surface area contributed by atoms with Crippen LogP contribution < -0.4 is 5.43 Å². The quantitative estimate of drug-likeness (QED) is 0.379. The number of amides is 1. The van der Waals surface area contributed by atoms with Gasteiger partial charge in [0.2, 0.25) is 0 Å². The van der Waals surface area contributed by atoms with Gasteiger partial charge in [0.1, 0.15) is 0 Å². The molecule has 1 atom stereocenters. The van der Waals surface area contributed by atoms with Gasteiger partial charge in [0.25, 0.3) is 5.91 Å². The third-order valence-corrected chi connectivity index (χ3v) is 4.26. The van der Waals surface area contributed by atoms with Gasteiger partial charge in [-0.3, -0.25) is 4.79 Å². The first-order chi connectivity index (χ1) is 11.6. The number of ether oxygens (including phenoxy) is 1. The highest BCUT2D eigenvalue weighted by Gasteiger charge is 2.13. The molecular formula is C18H18N2O3S. The largest absolute Gasteiger partial charge is 0.465 e. The number of hydrogen-bond donors (Lipinski definition) is 1. The van der Waals surface area contributed by atoms with Crippen LogP contribution in [0.1, 0.15) is 22.8 Å². The van der Waals surface area contributed by atoms with Gasteiger partial charge < -0.3 is 4.74 Å². The molecule has 2 aromatic rings. The molecule has 2 rings (SSSR count). The molecule has 0 unspecified atom stereocenters. The van der Waals surface area contributed by atoms with Crippen molar-refractivity contribution in [2.24, 2.45) is 5.10 Å². The van der Waals surface area contributed by atoms with E-state index in [1.54, 1.807) is 24.3 Å². The van der Waals surface area contributed by atoms with Gasteiger partial charge in [0.15, 0.2) is 0 Å². The average Bonchev–Trinajstić information content (AvgIpc) is 2.62. The summed E-state index contributed by atoms with van der Waals surface area (Å²) in [4.78, 5) is 24.4. The third-order valence-electron chi connectivity index (χ3n) is 3.15. The number of benzene rings is 2. The molecule has 24 heavy (non-hydrogen) atoms. The molecule has 0 saturated carbocycles. The maximum atomic E-state index is 12.0. The van der Waals surface area contributed by atoms with E-state index in [1.807, 2.05) is 37.3 Å². The summed E-state index contributed by atoms with van der Waals surface area (Å²) in [7, 11) is 1.34. The standard InChI is InChI=1S/C18H18N2O3S/c1-13(24-16-6-4-3-5-7-16)17(21)20-19-12-14-8-10-15(11-9-14)18(22)23-2/h3-13H,1-2H3,(H,20,21)/b19-12-/t13-/m1/s1. The molecule has 1 amide bonds. The van der Waals surface area contributed by atoms with Crippen LogP contribution in [-0.4, -0.2) is 30.5 Å². The van der Waals surface area contributed by atoms with Crippen molar-refractivity contribution < 1.29 is 14.3 Å². The molecule has 0 radical (unpaired) electrons. The Kier molecular flexibility index (Phi) is 6.57. The summed E-state index contributed by atoms with van der Waals surface area (Å²) in [5, 5.41) is 3.69. The van der Waals surface area contributed by atoms with Gasteiger partial charge in [-0.05, 0) is 36.8 Å². The first-order valence-corrected chi connectivity index (χ1v) is 8.21. The highest BCUT2D eigenvalue weighted by atomic mass is 32.2. The van der Waals surface area contributed by atoms with E-state index in [2.05, 4.69) is 15.3 Å². The van der Waals surface area contributed by atoms with E-state index in [0.29, 0.717) is 5.56 Å². The SMILES string of the molecule is COC(=O)c1ccc(/C=N\NC(=O)[C@@H](C)Sc2ccccc2)cc1. The molecule has 0 fully saturated rings. The lowest BCUT2D eigenvalue weighted by atomic mass is 10.1. The fourth-order valence-electron chi connectivity index (χ4n) is 1.84. The number of carbonyl (C=O) groups excluding carboxylic acids is 2. The van der Waals surface area contributed by atoms with Crippen LogP contribution in [0.25, 0.3) is 0 Å². The van der Waals surface area contributed by atoms with Gasteiger partial charge in [0.05, 0.1) is 24.1 Å². The van der Waals surface area contributed by atoms with E-state index >= 15 is 0 Å². The molecule has 0 saturated heterocycles. The average molecular weight is 342 g/mol. The van der Waals surface area contributed by atoms with Gasteiger partial charge in [-0.15, -0.1) is 11.8 Å². The predicted molar refractivity (Wildman–Crippen MR) is 95.3 cm³/mol. The monoisotopic (exact) mass is 342 g/mol. The van der Waals surface area contributed by atoms with Gasteiger partial charge in [-0.2, -0.15) is 5.10 Å². The van der Waals surface area contributed by atoms with E-state index < -0.39 is 5.97 Å². The molecule has 2 aromatic carbocycles. The van der Waals surface area contributed by atoms with E-state index in [0.717, 1.165) is 10.5 Å². The Morgan fingerprint density at radius 2 is 1.79 bits per heavy atom. The van der Waals surface area contributed by atoms with E-state index in [-0.39, 0.29) is 11.2 Å². The number of carbonyl (C=O) groups is 2. The van der Waals surface area contributed by atoms with Crippen LogP contribution in [0, 0.1) is 0 Å². The van der Waals surface area contributed by atoms with Crippen LogP contribution >= 0.6 is 11.8 Å². The molecule has 0 heterocycles. The molecule has 0 aliphatic heterocycles. The molecule has 0 aliphatic rings. The van der Waals surface area contributed by atoms with Crippen molar-refractivity contribution in [2.45, 2.75) is 17.1 Å². The highest BCUT2D eigenvalue weighted by molar-refractivity contribution is 8.00. The summed E-state index contributed by atoms with van der Waals surface area (Å²) in [6, 6.07) is 16.5. The molecule has 0 spiro atoms. The Morgan fingerprint density at radius 1 is 1.12 bits per heavy atom. The molecule has 6 heteroatoms. The van der Waals surface area contributed by atoms with Crippen LogP contribution in [0.4, 0.5) is 0 Å². The number of nitrogens with one attached hydrogen (secondary N) is 1. The fourth-order valence-corrected chi connectivity index (χ4v) is 2.72. The molecule has 0 aromatic heterocycles. The van der Waals surface area contributed by atoms with Gasteiger partial charge in [0, 0.05) is 4.90 Å². The van der Waals surface area contributed by atoms with Crippen LogP contribution in [0.15, 0.2) is 64.6 Å². The molecule has 5 nitrogen and oxygen atoms in total. The Morgan fingerprint density at radius 3 is 2.42 bits per heavy atom. The van der Waals surface area contributed by atoms with E-state index in [9.17, 15) is 9.59 Å². The van der Waals surface area contributed by atoms with Crippen LogP contribution in [0.5, 0.6) is 0 Å². The zero-order valence-corrected chi connectivity index (χ0v) is 14.2. The Hall–Kier alpha value is -2.60. The second-order valence-electron chi connectivity index (χ2n) is 4.92. The third kappa shape index (κ3) is 5.24. The number of nitrogens with zero attached hydrogens (tertiary/aromatic N) is 1. The van der Waals surface area contributed by atoms with Crippen LogP contribution in [0.2, 0.25) is 0 Å². The number of methoxy groups -OCH3 is 1. The predicted octanol–water partition coefficient (Wildman–Crippen LogP) is 3.10. The Bertz CT molecular complexity index is 715. The minimum atomic E-state index is -0.390. The summed E-state index contributed by atoms with van der Waals surface area (Å²) in [5.74, 6) is -0.565. The summed E-state index contributed by atoms with van der Waals surface area (Å²) in [6.45, 7) is 1.83. The van der Waals surface area contributed by atoms with Crippen LogP contribution in [0.3, 0.4) is 0 Å². The molecule has 124 valence electrons. The van der Waals surface area contributed by atoms with E-state index in [4.69, 9.17) is 0 Å². The molecule has 0 aliphatic carbocycles. The van der Waals surface area contributed by atoms with Crippen molar-refractivity contribution >= 4 is 29.9 Å². The second kappa shape index (κ2) is 8.88. The number of esters is 1. The molecule has 1 N–H and O–H groups in total.